The molecule has 3 N–H and O–H groups in total. The van der Waals surface area contributed by atoms with E-state index in [1.807, 2.05) is 31.2 Å². The fourth-order valence-corrected chi connectivity index (χ4v) is 3.01. The van der Waals surface area contributed by atoms with Gasteiger partial charge in [0, 0.05) is 6.07 Å². The molecular weight excluding hydrogens is 373 g/mol. The topological polar surface area (TPSA) is 69.3 Å². The van der Waals surface area contributed by atoms with Crippen LogP contribution in [0.4, 0.5) is 5.69 Å². The summed E-state index contributed by atoms with van der Waals surface area (Å²) in [6, 6.07) is 14.2. The highest BCUT2D eigenvalue weighted by Crippen LogP contribution is 2.38. The number of aromatic nitrogens is 1. The molecule has 26 heavy (non-hydrogen) atoms. The number of nitrogen functional groups attached to an aromatic ring is 1. The lowest BCUT2D eigenvalue weighted by Gasteiger charge is -2.13. The molecule has 0 saturated heterocycles. The van der Waals surface area contributed by atoms with E-state index in [0.29, 0.717) is 33.8 Å². The van der Waals surface area contributed by atoms with Gasteiger partial charge in [0.05, 0.1) is 28.5 Å². The highest BCUT2D eigenvalue weighted by Gasteiger charge is 2.11. The Bertz CT molecular complexity index is 962. The van der Waals surface area contributed by atoms with Gasteiger partial charge in [0.15, 0.2) is 5.75 Å². The number of hydrazine groups is 1. The van der Waals surface area contributed by atoms with Gasteiger partial charge in [-0.2, -0.15) is 0 Å². The number of anilines is 1. The summed E-state index contributed by atoms with van der Waals surface area (Å²) in [7, 11) is 0. The number of nitrogens with zero attached hydrogens (tertiary/aromatic N) is 1. The number of hydrogen-bond donors (Lipinski definition) is 2. The Morgan fingerprint density at radius 2 is 1.73 bits per heavy atom. The molecule has 0 spiro atoms. The molecule has 0 unspecified atom stereocenters. The Balaban J connectivity index is 1.88. The van der Waals surface area contributed by atoms with Gasteiger partial charge < -0.3 is 14.7 Å². The van der Waals surface area contributed by atoms with Crippen molar-refractivity contribution in [3.8, 4) is 11.5 Å². The largest absolute Gasteiger partial charge is 0.453 e. The molecule has 3 rings (SSSR count). The van der Waals surface area contributed by atoms with Crippen LogP contribution < -0.4 is 21.6 Å². The summed E-state index contributed by atoms with van der Waals surface area (Å²) >= 11 is 12.4. The second-order valence-corrected chi connectivity index (χ2v) is 6.65. The molecule has 0 amide bonds. The summed E-state index contributed by atoms with van der Waals surface area (Å²) in [5.41, 5.74) is 5.10. The number of rotatable bonds is 5. The van der Waals surface area contributed by atoms with Gasteiger partial charge in [0.25, 0.3) is 5.56 Å². The molecular formula is C19H17Cl2N3O2. The van der Waals surface area contributed by atoms with Crippen LogP contribution in [0.5, 0.6) is 11.5 Å². The number of ether oxygens (including phenoxy) is 1. The van der Waals surface area contributed by atoms with E-state index in [1.54, 1.807) is 29.0 Å². The van der Waals surface area contributed by atoms with Gasteiger partial charge in [-0.1, -0.05) is 53.0 Å². The molecule has 0 fully saturated rings. The van der Waals surface area contributed by atoms with Crippen LogP contribution in [0.3, 0.4) is 0 Å². The maximum atomic E-state index is 12.1. The molecule has 0 aliphatic rings. The number of halogens is 2. The summed E-state index contributed by atoms with van der Waals surface area (Å²) < 4.78 is 7.37. The van der Waals surface area contributed by atoms with Gasteiger partial charge in [-0.05, 0) is 30.7 Å². The molecule has 5 nitrogen and oxygen atoms in total. The monoisotopic (exact) mass is 389 g/mol. The zero-order valence-corrected chi connectivity index (χ0v) is 15.5. The molecule has 1 heterocycles. The number of aryl methyl sites for hydroxylation is 1. The first-order valence-electron chi connectivity index (χ1n) is 7.86. The number of hydrogen-bond acceptors (Lipinski definition) is 4. The first kappa shape index (κ1) is 18.3. The van der Waals surface area contributed by atoms with Gasteiger partial charge in [-0.25, -0.2) is 0 Å². The maximum absolute atomic E-state index is 12.1. The van der Waals surface area contributed by atoms with E-state index < -0.39 is 0 Å². The summed E-state index contributed by atoms with van der Waals surface area (Å²) in [4.78, 5) is 12.1. The van der Waals surface area contributed by atoms with Crippen molar-refractivity contribution >= 4 is 28.9 Å². The van der Waals surface area contributed by atoms with Crippen LogP contribution in [-0.4, -0.2) is 4.57 Å². The van der Waals surface area contributed by atoms with Crippen LogP contribution in [0.2, 0.25) is 10.0 Å². The molecule has 0 radical (unpaired) electrons. The van der Waals surface area contributed by atoms with Crippen molar-refractivity contribution in [1.82, 2.24) is 4.57 Å². The third kappa shape index (κ3) is 4.19. The van der Waals surface area contributed by atoms with Crippen LogP contribution in [0, 0.1) is 6.92 Å². The summed E-state index contributed by atoms with van der Waals surface area (Å²) in [6.07, 6.45) is 1.63. The molecule has 0 atom stereocenters. The van der Waals surface area contributed by atoms with E-state index in [0.717, 1.165) is 11.1 Å². The van der Waals surface area contributed by atoms with Crippen molar-refractivity contribution < 1.29 is 4.74 Å². The standard InChI is InChI=1S/C19H17Cl2N3O2/c1-12-2-4-13(5-3-12)10-24-11-15(6-7-18(24)25)26-19-16(20)8-14(23-22)9-17(19)21/h2-9,11,23H,10,22H2,1H3. The zero-order chi connectivity index (χ0) is 18.7. The van der Waals surface area contributed by atoms with Crippen molar-refractivity contribution in [2.45, 2.75) is 13.5 Å². The fourth-order valence-electron chi connectivity index (χ4n) is 2.44. The molecule has 134 valence electrons. The average Bonchev–Trinajstić information content (AvgIpc) is 2.62. The second-order valence-electron chi connectivity index (χ2n) is 5.83. The van der Waals surface area contributed by atoms with Gasteiger partial charge in [-0.3, -0.25) is 10.6 Å². The zero-order valence-electron chi connectivity index (χ0n) is 14.0. The van der Waals surface area contributed by atoms with Crippen molar-refractivity contribution in [2.75, 3.05) is 5.43 Å². The molecule has 0 saturated carbocycles. The highest BCUT2D eigenvalue weighted by atomic mass is 35.5. The van der Waals surface area contributed by atoms with E-state index in [1.165, 1.54) is 6.07 Å². The third-order valence-electron chi connectivity index (χ3n) is 3.81. The summed E-state index contributed by atoms with van der Waals surface area (Å²) in [5.74, 6) is 6.11. The Morgan fingerprint density at radius 1 is 1.08 bits per heavy atom. The lowest BCUT2D eigenvalue weighted by molar-refractivity contribution is 0.475. The van der Waals surface area contributed by atoms with Gasteiger partial charge in [0.1, 0.15) is 5.75 Å². The van der Waals surface area contributed by atoms with Crippen molar-refractivity contribution in [3.63, 3.8) is 0 Å². The second kappa shape index (κ2) is 7.83. The number of benzene rings is 2. The average molecular weight is 390 g/mol. The summed E-state index contributed by atoms with van der Waals surface area (Å²) in [6.45, 7) is 2.46. The van der Waals surface area contributed by atoms with Gasteiger partial charge in [-0.15, -0.1) is 0 Å². The molecule has 0 aliphatic carbocycles. The first-order chi connectivity index (χ1) is 12.5. The number of nitrogens with two attached hydrogens (primary N) is 1. The molecule has 2 aromatic carbocycles. The Morgan fingerprint density at radius 3 is 2.35 bits per heavy atom. The SMILES string of the molecule is Cc1ccc(Cn2cc(Oc3c(Cl)cc(NN)cc3Cl)ccc2=O)cc1. The fraction of sp³-hybridized carbons (Fsp3) is 0.105. The first-order valence-corrected chi connectivity index (χ1v) is 8.61. The molecule has 1 aromatic heterocycles. The van der Waals surface area contributed by atoms with Crippen LogP contribution in [-0.2, 0) is 6.54 Å². The van der Waals surface area contributed by atoms with Crippen molar-refractivity contribution in [3.05, 3.63) is 86.3 Å². The molecule has 0 aliphatic heterocycles. The van der Waals surface area contributed by atoms with Crippen LogP contribution >= 0.6 is 23.2 Å². The third-order valence-corrected chi connectivity index (χ3v) is 4.38. The molecule has 0 bridgehead atoms. The molecule has 7 heteroatoms. The minimum Gasteiger partial charge on any atom is -0.453 e. The van der Waals surface area contributed by atoms with Gasteiger partial charge in [0.2, 0.25) is 0 Å². The van der Waals surface area contributed by atoms with Crippen molar-refractivity contribution in [1.29, 1.82) is 0 Å². The van der Waals surface area contributed by atoms with Crippen LogP contribution in [0.1, 0.15) is 11.1 Å². The predicted molar refractivity (Wildman–Crippen MR) is 105 cm³/mol. The number of pyridine rings is 1. The Kier molecular flexibility index (Phi) is 5.52. The van der Waals surface area contributed by atoms with Crippen molar-refractivity contribution in [2.24, 2.45) is 5.84 Å². The normalized spacial score (nSPS) is 10.6. The lowest BCUT2D eigenvalue weighted by atomic mass is 10.1. The van der Waals surface area contributed by atoms with Crippen LogP contribution in [0.25, 0.3) is 0 Å². The Hall–Kier alpha value is -2.47. The lowest BCUT2D eigenvalue weighted by Crippen LogP contribution is -2.18. The maximum Gasteiger partial charge on any atom is 0.251 e. The smallest absolute Gasteiger partial charge is 0.251 e. The predicted octanol–water partition coefficient (Wildman–Crippen LogP) is 4.59. The Labute approximate surface area is 160 Å². The minimum atomic E-state index is -0.127. The highest BCUT2D eigenvalue weighted by molar-refractivity contribution is 6.37. The van der Waals surface area contributed by atoms with E-state index in [-0.39, 0.29) is 5.56 Å². The van der Waals surface area contributed by atoms with E-state index in [4.69, 9.17) is 33.8 Å². The summed E-state index contributed by atoms with van der Waals surface area (Å²) in [5, 5.41) is 0.614. The number of nitrogens with one attached hydrogen (secondary N) is 1. The quantitative estimate of drug-likeness (QED) is 0.494. The van der Waals surface area contributed by atoms with E-state index in [2.05, 4.69) is 5.43 Å². The van der Waals surface area contributed by atoms with Crippen LogP contribution in [0.15, 0.2) is 59.5 Å². The van der Waals surface area contributed by atoms with Gasteiger partial charge >= 0.3 is 0 Å². The van der Waals surface area contributed by atoms with E-state index in [9.17, 15) is 4.79 Å². The minimum absolute atomic E-state index is 0.127. The van der Waals surface area contributed by atoms with E-state index >= 15 is 0 Å². The molecule has 3 aromatic rings.